The van der Waals surface area contributed by atoms with Crippen LogP contribution in [0.4, 0.5) is 0 Å². The molecule has 2 N–H and O–H groups in total. The van der Waals surface area contributed by atoms with Crippen molar-refractivity contribution < 1.29 is 4.42 Å². The molecule has 0 aliphatic carbocycles. The summed E-state index contributed by atoms with van der Waals surface area (Å²) in [6.45, 7) is 8.15. The molecule has 26 heavy (non-hydrogen) atoms. The van der Waals surface area contributed by atoms with E-state index in [4.69, 9.17) is 9.41 Å². The zero-order valence-electron chi connectivity index (χ0n) is 16.1. The molecule has 2 aliphatic heterocycles. The minimum absolute atomic E-state index is 0. The molecule has 0 bridgehead atoms. The molecule has 148 valence electrons. The second kappa shape index (κ2) is 11.1. The maximum absolute atomic E-state index is 5.70. The van der Waals surface area contributed by atoms with Crippen molar-refractivity contribution in [1.82, 2.24) is 20.4 Å². The van der Waals surface area contributed by atoms with Gasteiger partial charge in [0.05, 0.1) is 18.8 Å². The Bertz CT molecular complexity index is 530. The molecule has 3 rings (SSSR count). The van der Waals surface area contributed by atoms with Gasteiger partial charge in [-0.05, 0) is 71.4 Å². The number of rotatable bonds is 7. The van der Waals surface area contributed by atoms with E-state index in [1.807, 2.05) is 6.07 Å². The van der Waals surface area contributed by atoms with Crippen LogP contribution in [0.3, 0.4) is 0 Å². The molecule has 2 unspecified atom stereocenters. The molecule has 2 aliphatic rings. The van der Waals surface area contributed by atoms with E-state index in [0.29, 0.717) is 6.04 Å². The van der Waals surface area contributed by atoms with Crippen LogP contribution < -0.4 is 10.6 Å². The molecule has 0 aromatic carbocycles. The van der Waals surface area contributed by atoms with E-state index < -0.39 is 0 Å². The standard InChI is InChI=1S/C19H33N5O.HI/c1-3-20-19(21-14-16-8-6-10-23(16)2)22-15-17(18-9-7-13-25-18)24-11-4-5-12-24;/h7,9,13,16-17H,3-6,8,10-12,14-15H2,1-2H3,(H2,20,21,22);1H. The van der Waals surface area contributed by atoms with E-state index in [2.05, 4.69) is 40.5 Å². The highest BCUT2D eigenvalue weighted by Crippen LogP contribution is 2.25. The smallest absolute Gasteiger partial charge is 0.191 e. The fraction of sp³-hybridized carbons (Fsp3) is 0.737. The Morgan fingerprint density at radius 2 is 2.08 bits per heavy atom. The van der Waals surface area contributed by atoms with E-state index in [-0.39, 0.29) is 30.0 Å². The molecular weight excluding hydrogens is 441 g/mol. The van der Waals surface area contributed by atoms with Crippen molar-refractivity contribution in [2.45, 2.75) is 44.7 Å². The first kappa shape index (κ1) is 21.5. The second-order valence-corrected chi connectivity index (χ2v) is 7.15. The number of hydrogen-bond acceptors (Lipinski definition) is 4. The van der Waals surface area contributed by atoms with Crippen molar-refractivity contribution in [1.29, 1.82) is 0 Å². The second-order valence-electron chi connectivity index (χ2n) is 7.15. The summed E-state index contributed by atoms with van der Waals surface area (Å²) in [7, 11) is 2.21. The number of halogens is 1. The summed E-state index contributed by atoms with van der Waals surface area (Å²) in [5, 5.41) is 6.92. The van der Waals surface area contributed by atoms with Crippen LogP contribution in [0.5, 0.6) is 0 Å². The molecule has 3 heterocycles. The van der Waals surface area contributed by atoms with Crippen LogP contribution in [0, 0.1) is 0 Å². The minimum atomic E-state index is 0. The van der Waals surface area contributed by atoms with E-state index in [1.54, 1.807) is 6.26 Å². The monoisotopic (exact) mass is 475 g/mol. The lowest BCUT2D eigenvalue weighted by molar-refractivity contribution is 0.221. The summed E-state index contributed by atoms with van der Waals surface area (Å²) in [5.41, 5.74) is 0. The van der Waals surface area contributed by atoms with Gasteiger partial charge in [0.1, 0.15) is 5.76 Å². The number of aliphatic imine (C=N–C) groups is 1. The van der Waals surface area contributed by atoms with Gasteiger partial charge in [-0.25, -0.2) is 0 Å². The number of guanidine groups is 1. The lowest BCUT2D eigenvalue weighted by Gasteiger charge is -2.25. The largest absolute Gasteiger partial charge is 0.468 e. The predicted molar refractivity (Wildman–Crippen MR) is 117 cm³/mol. The minimum Gasteiger partial charge on any atom is -0.468 e. The zero-order valence-corrected chi connectivity index (χ0v) is 18.4. The highest BCUT2D eigenvalue weighted by Gasteiger charge is 2.25. The summed E-state index contributed by atoms with van der Waals surface area (Å²) in [6, 6.07) is 4.90. The third kappa shape index (κ3) is 5.85. The van der Waals surface area contributed by atoms with Crippen molar-refractivity contribution in [3.8, 4) is 0 Å². The van der Waals surface area contributed by atoms with Gasteiger partial charge in [0, 0.05) is 19.1 Å². The summed E-state index contributed by atoms with van der Waals surface area (Å²) in [6.07, 6.45) is 6.87. The van der Waals surface area contributed by atoms with Crippen molar-refractivity contribution >= 4 is 29.9 Å². The number of nitrogens with one attached hydrogen (secondary N) is 2. The molecule has 0 amide bonds. The first-order chi connectivity index (χ1) is 12.3. The van der Waals surface area contributed by atoms with E-state index in [9.17, 15) is 0 Å². The normalized spacial score (nSPS) is 23.0. The summed E-state index contributed by atoms with van der Waals surface area (Å²) < 4.78 is 5.70. The van der Waals surface area contributed by atoms with Gasteiger partial charge in [0.25, 0.3) is 0 Å². The van der Waals surface area contributed by atoms with Crippen LogP contribution >= 0.6 is 24.0 Å². The first-order valence-electron chi connectivity index (χ1n) is 9.77. The molecule has 7 heteroatoms. The highest BCUT2D eigenvalue weighted by atomic mass is 127. The molecular formula is C19H34IN5O. The number of likely N-dealkylation sites (N-methyl/N-ethyl adjacent to an activating group) is 1. The van der Waals surface area contributed by atoms with Gasteiger partial charge in [-0.3, -0.25) is 9.89 Å². The van der Waals surface area contributed by atoms with Crippen LogP contribution in [0.25, 0.3) is 0 Å². The van der Waals surface area contributed by atoms with Crippen molar-refractivity contribution in [2.24, 2.45) is 4.99 Å². The van der Waals surface area contributed by atoms with E-state index in [0.717, 1.165) is 44.4 Å². The van der Waals surface area contributed by atoms with Crippen molar-refractivity contribution in [3.05, 3.63) is 24.2 Å². The van der Waals surface area contributed by atoms with Crippen molar-refractivity contribution in [3.63, 3.8) is 0 Å². The fourth-order valence-electron chi connectivity index (χ4n) is 3.89. The first-order valence-corrected chi connectivity index (χ1v) is 9.77. The molecule has 2 fully saturated rings. The summed E-state index contributed by atoms with van der Waals surface area (Å²) in [4.78, 5) is 9.81. The molecule has 1 aromatic heterocycles. The molecule has 1 aromatic rings. The zero-order chi connectivity index (χ0) is 17.5. The van der Waals surface area contributed by atoms with E-state index >= 15 is 0 Å². The van der Waals surface area contributed by atoms with Gasteiger partial charge in [-0.1, -0.05) is 0 Å². The Labute approximate surface area is 174 Å². The average molecular weight is 475 g/mol. The van der Waals surface area contributed by atoms with Gasteiger partial charge in [0.15, 0.2) is 5.96 Å². The summed E-state index contributed by atoms with van der Waals surface area (Å²) >= 11 is 0. The lowest BCUT2D eigenvalue weighted by Crippen LogP contribution is -2.44. The van der Waals surface area contributed by atoms with Crippen LogP contribution in [0.1, 0.15) is 44.4 Å². The van der Waals surface area contributed by atoms with Gasteiger partial charge in [-0.2, -0.15) is 0 Å². The Kier molecular flexibility index (Phi) is 9.21. The maximum Gasteiger partial charge on any atom is 0.191 e. The van der Waals surface area contributed by atoms with E-state index in [1.165, 1.54) is 32.2 Å². The quantitative estimate of drug-likeness (QED) is 0.361. The van der Waals surface area contributed by atoms with Crippen LogP contribution in [-0.2, 0) is 0 Å². The molecule has 0 spiro atoms. The molecule has 2 atom stereocenters. The number of furan rings is 1. The van der Waals surface area contributed by atoms with Gasteiger partial charge in [0.2, 0.25) is 0 Å². The van der Waals surface area contributed by atoms with Crippen LogP contribution in [0.2, 0.25) is 0 Å². The molecule has 6 nitrogen and oxygen atoms in total. The third-order valence-corrected chi connectivity index (χ3v) is 5.40. The van der Waals surface area contributed by atoms with Gasteiger partial charge >= 0.3 is 0 Å². The third-order valence-electron chi connectivity index (χ3n) is 5.40. The van der Waals surface area contributed by atoms with Crippen LogP contribution in [0.15, 0.2) is 27.8 Å². The van der Waals surface area contributed by atoms with Gasteiger partial charge in [-0.15, -0.1) is 24.0 Å². The molecule has 2 saturated heterocycles. The topological polar surface area (TPSA) is 56.0 Å². The lowest BCUT2D eigenvalue weighted by atomic mass is 10.2. The molecule has 0 saturated carbocycles. The Hall–Kier alpha value is -0.800. The number of nitrogens with zero attached hydrogens (tertiary/aromatic N) is 3. The molecule has 0 radical (unpaired) electrons. The Balaban J connectivity index is 0.00000243. The highest BCUT2D eigenvalue weighted by molar-refractivity contribution is 14.0. The maximum atomic E-state index is 5.70. The number of hydrogen-bond donors (Lipinski definition) is 2. The number of likely N-dealkylation sites (tertiary alicyclic amines) is 2. The fourth-order valence-corrected chi connectivity index (χ4v) is 3.89. The Morgan fingerprint density at radius 3 is 2.69 bits per heavy atom. The Morgan fingerprint density at radius 1 is 1.27 bits per heavy atom. The average Bonchev–Trinajstić information content (AvgIpc) is 3.36. The SMILES string of the molecule is CCNC(=NCC(c1ccco1)N1CCCC1)NCC1CCCN1C.I. The predicted octanol–water partition coefficient (Wildman–Crippen LogP) is 2.68. The van der Waals surface area contributed by atoms with Crippen molar-refractivity contribution in [2.75, 3.05) is 46.3 Å². The van der Waals surface area contributed by atoms with Crippen LogP contribution in [-0.4, -0.2) is 68.1 Å². The van der Waals surface area contributed by atoms with Gasteiger partial charge < -0.3 is 20.0 Å². The summed E-state index contributed by atoms with van der Waals surface area (Å²) in [5.74, 6) is 1.94.